The molecule has 0 fully saturated rings. The number of ether oxygens (including phenoxy) is 3. The highest BCUT2D eigenvalue weighted by Gasteiger charge is 2.19. The second kappa shape index (κ2) is 48.9. The summed E-state index contributed by atoms with van der Waals surface area (Å²) in [6, 6.07) is 0. The van der Waals surface area contributed by atoms with Crippen molar-refractivity contribution in [2.24, 2.45) is 11.8 Å². The van der Waals surface area contributed by atoms with Crippen LogP contribution in [0.5, 0.6) is 0 Å². The van der Waals surface area contributed by atoms with Crippen LogP contribution < -0.4 is 0 Å². The monoisotopic (exact) mass is 877 g/mol. The van der Waals surface area contributed by atoms with Gasteiger partial charge in [-0.2, -0.15) is 0 Å². The predicted octanol–water partition coefficient (Wildman–Crippen LogP) is 18.1. The molecule has 368 valence electrons. The fourth-order valence-electron chi connectivity index (χ4n) is 8.49. The summed E-state index contributed by atoms with van der Waals surface area (Å²) >= 11 is 0. The minimum absolute atomic E-state index is 0.0633. The third kappa shape index (κ3) is 47.9. The number of rotatable bonds is 50. The largest absolute Gasteiger partial charge is 0.462 e. The van der Waals surface area contributed by atoms with Gasteiger partial charge in [0.25, 0.3) is 0 Å². The number of hydrogen-bond donors (Lipinski definition) is 0. The molecule has 0 bridgehead atoms. The highest BCUT2D eigenvalue weighted by Crippen LogP contribution is 2.18. The van der Waals surface area contributed by atoms with Crippen LogP contribution in [-0.4, -0.2) is 37.2 Å². The van der Waals surface area contributed by atoms with E-state index in [9.17, 15) is 14.4 Å². The molecule has 0 aliphatic carbocycles. The van der Waals surface area contributed by atoms with Gasteiger partial charge in [-0.05, 0) is 31.1 Å². The quantitative estimate of drug-likeness (QED) is 0.0344. The number of carbonyl (C=O) groups is 3. The van der Waals surface area contributed by atoms with E-state index in [1.807, 2.05) is 0 Å². The van der Waals surface area contributed by atoms with E-state index in [-0.39, 0.29) is 31.1 Å². The first-order chi connectivity index (χ1) is 30.3. The minimum atomic E-state index is -0.762. The fraction of sp³-hybridized carbons (Fsp3) is 0.946. The molecule has 0 aliphatic rings. The first-order valence-electron chi connectivity index (χ1n) is 27.8. The van der Waals surface area contributed by atoms with Gasteiger partial charge in [0.15, 0.2) is 6.10 Å². The van der Waals surface area contributed by atoms with Gasteiger partial charge in [-0.25, -0.2) is 0 Å². The van der Waals surface area contributed by atoms with E-state index in [1.54, 1.807) is 0 Å². The lowest BCUT2D eigenvalue weighted by Crippen LogP contribution is -2.30. The Hall–Kier alpha value is -1.59. The van der Waals surface area contributed by atoms with Crippen molar-refractivity contribution in [2.75, 3.05) is 13.2 Å². The molecule has 0 aliphatic heterocycles. The summed E-state index contributed by atoms with van der Waals surface area (Å²) in [6.45, 7) is 11.4. The van der Waals surface area contributed by atoms with Gasteiger partial charge in [0.1, 0.15) is 13.2 Å². The first kappa shape index (κ1) is 60.4. The van der Waals surface area contributed by atoms with Gasteiger partial charge in [0.05, 0.1) is 0 Å². The molecule has 0 aromatic heterocycles. The zero-order valence-corrected chi connectivity index (χ0v) is 42.5. The second-order valence-electron chi connectivity index (χ2n) is 19.9. The van der Waals surface area contributed by atoms with Crippen molar-refractivity contribution in [2.45, 2.75) is 317 Å². The Kier molecular flexibility index (Phi) is 47.6. The molecule has 0 saturated heterocycles. The third-order valence-electron chi connectivity index (χ3n) is 13.1. The van der Waals surface area contributed by atoms with Crippen molar-refractivity contribution in [3.8, 4) is 0 Å². The number of carbonyl (C=O) groups excluding carboxylic acids is 3. The van der Waals surface area contributed by atoms with Crippen LogP contribution >= 0.6 is 0 Å². The highest BCUT2D eigenvalue weighted by atomic mass is 16.6. The van der Waals surface area contributed by atoms with Crippen LogP contribution in [0.25, 0.3) is 0 Å². The lowest BCUT2D eigenvalue weighted by atomic mass is 9.99. The zero-order valence-electron chi connectivity index (χ0n) is 42.5. The summed E-state index contributed by atoms with van der Waals surface area (Å²) in [5, 5.41) is 0. The maximum atomic E-state index is 12.8. The Balaban J connectivity index is 4.20. The standard InChI is InChI=1S/C56H108O6/c1-6-8-9-10-11-12-21-26-33-38-43-48-56(59)62-53(50-61-55(58)47-42-37-32-28-27-30-35-40-45-52(5)7-2)49-60-54(57)46-41-36-31-25-23-20-18-16-14-13-15-17-19-22-24-29-34-39-44-51(3)4/h51-53H,6-50H2,1-5H3/t52?,53-/m1/s1. The van der Waals surface area contributed by atoms with Crippen LogP contribution in [0.4, 0.5) is 0 Å². The average molecular weight is 877 g/mol. The van der Waals surface area contributed by atoms with Crippen LogP contribution in [0.1, 0.15) is 311 Å². The van der Waals surface area contributed by atoms with Crippen molar-refractivity contribution >= 4 is 17.9 Å². The molecule has 2 atom stereocenters. The molecule has 0 spiro atoms. The molecule has 0 saturated carbocycles. The lowest BCUT2D eigenvalue weighted by molar-refractivity contribution is -0.167. The normalized spacial score (nSPS) is 12.5. The summed E-state index contributed by atoms with van der Waals surface area (Å²) in [4.78, 5) is 38.0. The zero-order chi connectivity index (χ0) is 45.4. The van der Waals surface area contributed by atoms with Crippen LogP contribution in [0.3, 0.4) is 0 Å². The molecule has 62 heavy (non-hydrogen) atoms. The molecule has 0 amide bonds. The molecule has 0 N–H and O–H groups in total. The van der Waals surface area contributed by atoms with Crippen molar-refractivity contribution < 1.29 is 28.6 Å². The molecule has 6 nitrogen and oxygen atoms in total. The Morgan fingerprint density at radius 2 is 0.613 bits per heavy atom. The molecule has 0 heterocycles. The van der Waals surface area contributed by atoms with E-state index < -0.39 is 6.10 Å². The van der Waals surface area contributed by atoms with Gasteiger partial charge >= 0.3 is 17.9 Å². The van der Waals surface area contributed by atoms with Crippen LogP contribution in [0, 0.1) is 11.8 Å². The van der Waals surface area contributed by atoms with Crippen molar-refractivity contribution in [3.63, 3.8) is 0 Å². The van der Waals surface area contributed by atoms with Crippen LogP contribution in [0.15, 0.2) is 0 Å². The molecule has 1 unspecified atom stereocenters. The van der Waals surface area contributed by atoms with Gasteiger partial charge in [0.2, 0.25) is 0 Å². The summed E-state index contributed by atoms with van der Waals surface area (Å²) in [5.41, 5.74) is 0. The molecule has 6 heteroatoms. The van der Waals surface area contributed by atoms with Gasteiger partial charge in [0, 0.05) is 19.3 Å². The molecule has 0 radical (unpaired) electrons. The molecule has 0 rings (SSSR count). The van der Waals surface area contributed by atoms with Crippen molar-refractivity contribution in [1.82, 2.24) is 0 Å². The Morgan fingerprint density at radius 1 is 0.339 bits per heavy atom. The smallest absolute Gasteiger partial charge is 0.306 e. The maximum Gasteiger partial charge on any atom is 0.306 e. The summed E-state index contributed by atoms with van der Waals surface area (Å²) < 4.78 is 16.8. The van der Waals surface area contributed by atoms with Crippen LogP contribution in [-0.2, 0) is 28.6 Å². The number of unbranched alkanes of at least 4 members (excludes halogenated alkanes) is 34. The predicted molar refractivity (Wildman–Crippen MR) is 266 cm³/mol. The summed E-state index contributed by atoms with van der Waals surface area (Å²) in [7, 11) is 0. The molecular formula is C56H108O6. The summed E-state index contributed by atoms with van der Waals surface area (Å²) in [6.07, 6.45) is 50.9. The molecule has 0 aromatic rings. The van der Waals surface area contributed by atoms with E-state index >= 15 is 0 Å². The van der Waals surface area contributed by atoms with Gasteiger partial charge in [-0.1, -0.05) is 272 Å². The minimum Gasteiger partial charge on any atom is -0.462 e. The molecular weight excluding hydrogens is 769 g/mol. The topological polar surface area (TPSA) is 78.9 Å². The maximum absolute atomic E-state index is 12.8. The number of esters is 3. The van der Waals surface area contributed by atoms with E-state index in [0.717, 1.165) is 69.6 Å². The Morgan fingerprint density at radius 3 is 0.919 bits per heavy atom. The Bertz CT molecular complexity index is 949. The highest BCUT2D eigenvalue weighted by molar-refractivity contribution is 5.71. The van der Waals surface area contributed by atoms with Crippen molar-refractivity contribution in [3.05, 3.63) is 0 Å². The van der Waals surface area contributed by atoms with Crippen molar-refractivity contribution in [1.29, 1.82) is 0 Å². The van der Waals surface area contributed by atoms with Gasteiger partial charge < -0.3 is 14.2 Å². The fourth-order valence-corrected chi connectivity index (χ4v) is 8.49. The SMILES string of the molecule is CCCCCCCCCCCCCC(=O)O[C@H](COC(=O)CCCCCCCCCCCCCCCCCCCCC(C)C)COC(=O)CCCCCCCCCCC(C)CC. The Labute approximate surface area is 387 Å². The molecule has 0 aromatic carbocycles. The lowest BCUT2D eigenvalue weighted by Gasteiger charge is -2.18. The average Bonchev–Trinajstić information content (AvgIpc) is 3.26. The van der Waals surface area contributed by atoms with E-state index in [4.69, 9.17) is 14.2 Å². The van der Waals surface area contributed by atoms with Gasteiger partial charge in [-0.15, -0.1) is 0 Å². The van der Waals surface area contributed by atoms with E-state index in [0.29, 0.717) is 19.3 Å². The summed E-state index contributed by atoms with van der Waals surface area (Å²) in [5.74, 6) is 0.861. The van der Waals surface area contributed by atoms with E-state index in [2.05, 4.69) is 34.6 Å². The van der Waals surface area contributed by atoms with Gasteiger partial charge in [-0.3, -0.25) is 14.4 Å². The second-order valence-corrected chi connectivity index (χ2v) is 19.9. The number of hydrogen-bond acceptors (Lipinski definition) is 6. The first-order valence-corrected chi connectivity index (χ1v) is 27.8. The third-order valence-corrected chi connectivity index (χ3v) is 13.1. The van der Waals surface area contributed by atoms with Crippen LogP contribution in [0.2, 0.25) is 0 Å². The van der Waals surface area contributed by atoms with E-state index in [1.165, 1.54) is 199 Å².